The van der Waals surface area contributed by atoms with Crippen LogP contribution in [0, 0.1) is 11.3 Å². The zero-order chi connectivity index (χ0) is 19.3. The van der Waals surface area contributed by atoms with Gasteiger partial charge in [0.15, 0.2) is 0 Å². The summed E-state index contributed by atoms with van der Waals surface area (Å²) in [5, 5.41) is 9.15. The fraction of sp³-hybridized carbons (Fsp3) is 0.500. The fourth-order valence-corrected chi connectivity index (χ4v) is 3.78. The van der Waals surface area contributed by atoms with Crippen molar-refractivity contribution in [3.63, 3.8) is 0 Å². The minimum Gasteiger partial charge on any atom is -0.378 e. The minimum atomic E-state index is 0.293. The molecule has 0 N–H and O–H groups in total. The molecular formula is C20H25N7O. The molecule has 146 valence electrons. The van der Waals surface area contributed by atoms with Crippen LogP contribution in [0.3, 0.4) is 0 Å². The number of nitriles is 1. The first-order valence-corrected chi connectivity index (χ1v) is 9.74. The number of morpholine rings is 1. The van der Waals surface area contributed by atoms with E-state index >= 15 is 0 Å². The Kier molecular flexibility index (Phi) is 5.53. The molecule has 4 heterocycles. The highest BCUT2D eigenvalue weighted by Gasteiger charge is 2.26. The number of piperidine rings is 1. The second kappa shape index (κ2) is 8.40. The maximum Gasteiger partial charge on any atom is 0.227 e. The highest BCUT2D eigenvalue weighted by Crippen LogP contribution is 2.24. The highest BCUT2D eigenvalue weighted by molar-refractivity contribution is 5.47. The summed E-state index contributed by atoms with van der Waals surface area (Å²) < 4.78 is 5.44. The number of hydrogen-bond donors (Lipinski definition) is 0. The van der Waals surface area contributed by atoms with Crippen LogP contribution in [-0.2, 0) is 4.74 Å². The van der Waals surface area contributed by atoms with Crippen LogP contribution in [0.5, 0.6) is 0 Å². The Labute approximate surface area is 165 Å². The Morgan fingerprint density at radius 3 is 2.75 bits per heavy atom. The second-order valence-corrected chi connectivity index (χ2v) is 7.18. The predicted octanol–water partition coefficient (Wildman–Crippen LogP) is 1.69. The molecule has 2 fully saturated rings. The molecule has 0 bridgehead atoms. The molecule has 8 nitrogen and oxygen atoms in total. The zero-order valence-electron chi connectivity index (χ0n) is 16.2. The van der Waals surface area contributed by atoms with Gasteiger partial charge in [0.05, 0.1) is 24.8 Å². The summed E-state index contributed by atoms with van der Waals surface area (Å²) in [7, 11) is 2.06. The quantitative estimate of drug-likeness (QED) is 0.794. The third-order valence-electron chi connectivity index (χ3n) is 5.42. The predicted molar refractivity (Wildman–Crippen MR) is 108 cm³/mol. The Morgan fingerprint density at radius 1 is 1.11 bits per heavy atom. The van der Waals surface area contributed by atoms with Crippen molar-refractivity contribution in [1.29, 1.82) is 5.26 Å². The van der Waals surface area contributed by atoms with Crippen molar-refractivity contribution in [2.24, 2.45) is 0 Å². The van der Waals surface area contributed by atoms with Crippen molar-refractivity contribution in [3.8, 4) is 6.07 Å². The lowest BCUT2D eigenvalue weighted by molar-refractivity contribution is 0.122. The first kappa shape index (κ1) is 18.4. The Hall–Kier alpha value is -2.92. The summed E-state index contributed by atoms with van der Waals surface area (Å²) in [6, 6.07) is 8.05. The van der Waals surface area contributed by atoms with Gasteiger partial charge in [-0.25, -0.2) is 9.97 Å². The molecular weight excluding hydrogens is 354 g/mol. The summed E-state index contributed by atoms with van der Waals surface area (Å²) in [6.45, 7) is 4.98. The molecule has 0 spiro atoms. The van der Waals surface area contributed by atoms with Crippen LogP contribution >= 0.6 is 0 Å². The number of hydrogen-bond acceptors (Lipinski definition) is 8. The average molecular weight is 379 g/mol. The van der Waals surface area contributed by atoms with Gasteiger partial charge in [-0.3, -0.25) is 0 Å². The van der Waals surface area contributed by atoms with Gasteiger partial charge in [0.2, 0.25) is 5.95 Å². The van der Waals surface area contributed by atoms with E-state index in [0.717, 1.165) is 69.8 Å². The molecule has 1 unspecified atom stereocenters. The molecule has 2 aliphatic rings. The molecule has 1 atom stereocenters. The van der Waals surface area contributed by atoms with Crippen molar-refractivity contribution in [2.75, 3.05) is 61.1 Å². The standard InChI is InChI=1S/C20H25N7O/c1-25(20-23-7-5-18(24-20)26-9-11-28-12-10-26)17-3-2-8-27(15-17)19-13-16(14-21)4-6-22-19/h4-7,13,17H,2-3,8-12,15H2,1H3. The molecule has 0 aliphatic carbocycles. The van der Waals surface area contributed by atoms with Crippen LogP contribution in [0.15, 0.2) is 30.6 Å². The summed E-state index contributed by atoms with van der Waals surface area (Å²) in [5.74, 6) is 2.56. The van der Waals surface area contributed by atoms with Crippen molar-refractivity contribution in [3.05, 3.63) is 36.2 Å². The highest BCUT2D eigenvalue weighted by atomic mass is 16.5. The van der Waals surface area contributed by atoms with Crippen LogP contribution in [0.25, 0.3) is 0 Å². The lowest BCUT2D eigenvalue weighted by atomic mass is 10.0. The van der Waals surface area contributed by atoms with Crippen LogP contribution in [-0.4, -0.2) is 67.4 Å². The van der Waals surface area contributed by atoms with Gasteiger partial charge < -0.3 is 19.4 Å². The van der Waals surface area contributed by atoms with E-state index in [1.54, 1.807) is 12.3 Å². The van der Waals surface area contributed by atoms with Crippen LogP contribution in [0.1, 0.15) is 18.4 Å². The number of rotatable bonds is 4. The molecule has 28 heavy (non-hydrogen) atoms. The number of likely N-dealkylation sites (N-methyl/N-ethyl adjacent to an activating group) is 1. The summed E-state index contributed by atoms with van der Waals surface area (Å²) in [5.41, 5.74) is 0.641. The monoisotopic (exact) mass is 379 g/mol. The molecule has 8 heteroatoms. The second-order valence-electron chi connectivity index (χ2n) is 7.18. The third-order valence-corrected chi connectivity index (χ3v) is 5.42. The average Bonchev–Trinajstić information content (AvgIpc) is 2.79. The lowest BCUT2D eigenvalue weighted by Crippen LogP contribution is -2.47. The normalized spacial score (nSPS) is 19.9. The van der Waals surface area contributed by atoms with Gasteiger partial charge in [0, 0.05) is 51.7 Å². The van der Waals surface area contributed by atoms with Gasteiger partial charge in [-0.1, -0.05) is 0 Å². The molecule has 0 saturated carbocycles. The lowest BCUT2D eigenvalue weighted by Gasteiger charge is -2.38. The van der Waals surface area contributed by atoms with E-state index in [-0.39, 0.29) is 0 Å². The maximum atomic E-state index is 9.15. The molecule has 0 radical (unpaired) electrons. The van der Waals surface area contributed by atoms with E-state index in [2.05, 4.69) is 37.8 Å². The number of aromatic nitrogens is 3. The van der Waals surface area contributed by atoms with Gasteiger partial charge in [-0.05, 0) is 31.0 Å². The van der Waals surface area contributed by atoms with E-state index in [9.17, 15) is 0 Å². The number of nitrogens with zero attached hydrogens (tertiary/aromatic N) is 7. The van der Waals surface area contributed by atoms with Gasteiger partial charge in [0.1, 0.15) is 11.6 Å². The van der Waals surface area contributed by atoms with Crippen molar-refractivity contribution >= 4 is 17.6 Å². The van der Waals surface area contributed by atoms with E-state index in [1.807, 2.05) is 18.3 Å². The van der Waals surface area contributed by atoms with Crippen LogP contribution < -0.4 is 14.7 Å². The van der Waals surface area contributed by atoms with Gasteiger partial charge >= 0.3 is 0 Å². The SMILES string of the molecule is CN(c1nccc(N2CCOCC2)n1)C1CCCN(c2cc(C#N)ccn2)C1. The zero-order valence-corrected chi connectivity index (χ0v) is 16.2. The Morgan fingerprint density at radius 2 is 1.93 bits per heavy atom. The topological polar surface area (TPSA) is 81.4 Å². The van der Waals surface area contributed by atoms with E-state index < -0.39 is 0 Å². The largest absolute Gasteiger partial charge is 0.378 e. The molecule has 2 saturated heterocycles. The van der Waals surface area contributed by atoms with Crippen molar-refractivity contribution in [1.82, 2.24) is 15.0 Å². The first-order chi connectivity index (χ1) is 13.7. The van der Waals surface area contributed by atoms with Gasteiger partial charge in [-0.2, -0.15) is 10.2 Å². The van der Waals surface area contributed by atoms with Gasteiger partial charge in [0.25, 0.3) is 0 Å². The molecule has 2 aromatic heterocycles. The van der Waals surface area contributed by atoms with E-state index in [0.29, 0.717) is 11.6 Å². The summed E-state index contributed by atoms with van der Waals surface area (Å²) in [6.07, 6.45) is 5.69. The van der Waals surface area contributed by atoms with Crippen LogP contribution in [0.2, 0.25) is 0 Å². The fourth-order valence-electron chi connectivity index (χ4n) is 3.78. The van der Waals surface area contributed by atoms with Crippen LogP contribution in [0.4, 0.5) is 17.6 Å². The van der Waals surface area contributed by atoms with E-state index in [4.69, 9.17) is 15.0 Å². The molecule has 2 aliphatic heterocycles. The Balaban J connectivity index is 1.48. The van der Waals surface area contributed by atoms with Crippen molar-refractivity contribution in [2.45, 2.75) is 18.9 Å². The summed E-state index contributed by atoms with van der Waals surface area (Å²) in [4.78, 5) is 20.4. The Bertz CT molecular complexity index is 846. The van der Waals surface area contributed by atoms with Crippen molar-refractivity contribution < 1.29 is 4.74 Å². The van der Waals surface area contributed by atoms with Gasteiger partial charge in [-0.15, -0.1) is 0 Å². The number of anilines is 3. The molecule has 0 aromatic carbocycles. The van der Waals surface area contributed by atoms with E-state index in [1.165, 1.54) is 0 Å². The summed E-state index contributed by atoms with van der Waals surface area (Å²) >= 11 is 0. The number of ether oxygens (including phenoxy) is 1. The molecule has 0 amide bonds. The number of pyridine rings is 1. The first-order valence-electron chi connectivity index (χ1n) is 9.74. The maximum absolute atomic E-state index is 9.15. The smallest absolute Gasteiger partial charge is 0.227 e. The molecule has 2 aromatic rings. The minimum absolute atomic E-state index is 0.293. The molecule has 4 rings (SSSR count). The third kappa shape index (κ3) is 3.99.